The largest absolute Gasteiger partial charge is 0.373 e. The Morgan fingerprint density at radius 3 is 2.56 bits per heavy atom. The minimum absolute atomic E-state index is 0.0660. The lowest BCUT2D eigenvalue weighted by molar-refractivity contribution is -0.0895. The van der Waals surface area contributed by atoms with Gasteiger partial charge in [-0.15, -0.1) is 0 Å². The van der Waals surface area contributed by atoms with Crippen molar-refractivity contribution < 1.29 is 4.74 Å². The molecule has 1 aliphatic heterocycles. The highest BCUT2D eigenvalue weighted by atomic mass is 16.5. The van der Waals surface area contributed by atoms with Crippen molar-refractivity contribution in [2.24, 2.45) is 0 Å². The minimum Gasteiger partial charge on any atom is -0.373 e. The van der Waals surface area contributed by atoms with Gasteiger partial charge in [-0.3, -0.25) is 0 Å². The number of benzene rings is 1. The zero-order chi connectivity index (χ0) is 13.0. The van der Waals surface area contributed by atoms with Crippen LogP contribution in [0.25, 0.3) is 0 Å². The predicted octanol–water partition coefficient (Wildman–Crippen LogP) is 3.60. The molecule has 0 bridgehead atoms. The Kier molecular flexibility index (Phi) is 4.41. The van der Waals surface area contributed by atoms with E-state index in [1.165, 1.54) is 24.0 Å². The summed E-state index contributed by atoms with van der Waals surface area (Å²) in [6.07, 6.45) is 3.60. The fourth-order valence-corrected chi connectivity index (χ4v) is 2.83. The first-order valence-electron chi connectivity index (χ1n) is 7.09. The zero-order valence-corrected chi connectivity index (χ0v) is 11.8. The fourth-order valence-electron chi connectivity index (χ4n) is 2.83. The van der Waals surface area contributed by atoms with E-state index in [1.54, 1.807) is 0 Å². The van der Waals surface area contributed by atoms with Crippen LogP contribution in [0, 0.1) is 6.92 Å². The molecular formula is C16H25NO. The molecule has 0 aromatic heterocycles. The van der Waals surface area contributed by atoms with Gasteiger partial charge in [-0.05, 0) is 45.2 Å². The second-order valence-corrected chi connectivity index (χ2v) is 5.52. The Labute approximate surface area is 111 Å². The van der Waals surface area contributed by atoms with E-state index in [1.807, 2.05) is 0 Å². The van der Waals surface area contributed by atoms with Gasteiger partial charge in [0.1, 0.15) is 0 Å². The third kappa shape index (κ3) is 2.93. The van der Waals surface area contributed by atoms with E-state index in [4.69, 9.17) is 4.74 Å². The number of ether oxygens (including phenoxy) is 1. The average molecular weight is 247 g/mol. The third-order valence-electron chi connectivity index (χ3n) is 3.93. The van der Waals surface area contributed by atoms with E-state index >= 15 is 0 Å². The first-order chi connectivity index (χ1) is 8.65. The van der Waals surface area contributed by atoms with Crippen LogP contribution in [0.4, 0.5) is 0 Å². The Bertz CT molecular complexity index is 365. The third-order valence-corrected chi connectivity index (χ3v) is 3.93. The van der Waals surface area contributed by atoms with Crippen LogP contribution >= 0.6 is 0 Å². The maximum atomic E-state index is 6.10. The molecule has 2 heteroatoms. The molecule has 1 heterocycles. The van der Waals surface area contributed by atoms with Crippen LogP contribution in [0.1, 0.15) is 50.3 Å². The van der Waals surface area contributed by atoms with Gasteiger partial charge in [0.25, 0.3) is 0 Å². The summed E-state index contributed by atoms with van der Waals surface area (Å²) in [6, 6.07) is 9.12. The van der Waals surface area contributed by atoms with Gasteiger partial charge in [-0.1, -0.05) is 36.8 Å². The van der Waals surface area contributed by atoms with Gasteiger partial charge >= 0.3 is 0 Å². The highest BCUT2D eigenvalue weighted by Gasteiger charge is 2.37. The molecule has 2 atom stereocenters. The van der Waals surface area contributed by atoms with E-state index < -0.39 is 0 Å². The quantitative estimate of drug-likeness (QED) is 0.877. The second-order valence-electron chi connectivity index (χ2n) is 5.52. The molecule has 2 nitrogen and oxygen atoms in total. The summed E-state index contributed by atoms with van der Waals surface area (Å²) >= 11 is 0. The van der Waals surface area contributed by atoms with Gasteiger partial charge in [0.2, 0.25) is 0 Å². The van der Waals surface area contributed by atoms with E-state index in [-0.39, 0.29) is 5.60 Å². The molecule has 0 spiro atoms. The Balaban J connectivity index is 2.23. The first-order valence-corrected chi connectivity index (χ1v) is 7.09. The summed E-state index contributed by atoms with van der Waals surface area (Å²) in [4.78, 5) is 0. The number of nitrogens with one attached hydrogen (secondary N) is 1. The van der Waals surface area contributed by atoms with Gasteiger partial charge in [0.05, 0.1) is 11.6 Å². The Morgan fingerprint density at radius 1 is 1.28 bits per heavy atom. The number of aryl methyl sites for hydroxylation is 1. The topological polar surface area (TPSA) is 21.3 Å². The molecule has 1 aliphatic rings. The molecule has 1 aromatic carbocycles. The lowest BCUT2D eigenvalue weighted by Crippen LogP contribution is -2.45. The molecule has 0 saturated carbocycles. The molecular weight excluding hydrogens is 222 g/mol. The van der Waals surface area contributed by atoms with Crippen LogP contribution in [-0.2, 0) is 4.74 Å². The number of hydrogen-bond donors (Lipinski definition) is 1. The van der Waals surface area contributed by atoms with Crippen LogP contribution in [0.3, 0.4) is 0 Å². The smallest absolute Gasteiger partial charge is 0.0848 e. The molecule has 0 amide bonds. The molecule has 0 aliphatic carbocycles. The summed E-state index contributed by atoms with van der Waals surface area (Å²) in [5, 5.41) is 3.60. The molecule has 18 heavy (non-hydrogen) atoms. The monoisotopic (exact) mass is 247 g/mol. The highest BCUT2D eigenvalue weighted by Crippen LogP contribution is 2.36. The van der Waals surface area contributed by atoms with Crippen molar-refractivity contribution in [3.05, 3.63) is 35.4 Å². The predicted molar refractivity (Wildman–Crippen MR) is 75.8 cm³/mol. The number of likely N-dealkylation sites (N-methyl/N-ethyl adjacent to an activating group) is 1. The molecule has 2 rings (SSSR count). The van der Waals surface area contributed by atoms with Crippen molar-refractivity contribution in [1.29, 1.82) is 0 Å². The van der Waals surface area contributed by atoms with Crippen LogP contribution in [0.2, 0.25) is 0 Å². The van der Waals surface area contributed by atoms with Gasteiger partial charge in [-0.25, -0.2) is 0 Å². The number of hydrogen-bond acceptors (Lipinski definition) is 2. The Morgan fingerprint density at radius 2 is 2.00 bits per heavy atom. The van der Waals surface area contributed by atoms with Crippen molar-refractivity contribution in [3.8, 4) is 0 Å². The van der Waals surface area contributed by atoms with Crippen molar-refractivity contribution >= 4 is 0 Å². The van der Waals surface area contributed by atoms with Gasteiger partial charge in [-0.2, -0.15) is 0 Å². The molecule has 1 saturated heterocycles. The summed E-state index contributed by atoms with van der Waals surface area (Å²) in [5.41, 5.74) is 2.58. The van der Waals surface area contributed by atoms with E-state index in [0.717, 1.165) is 19.6 Å². The van der Waals surface area contributed by atoms with Crippen LogP contribution < -0.4 is 5.32 Å². The van der Waals surface area contributed by atoms with Gasteiger partial charge in [0.15, 0.2) is 0 Å². The maximum absolute atomic E-state index is 6.10. The fraction of sp³-hybridized carbons (Fsp3) is 0.625. The summed E-state index contributed by atoms with van der Waals surface area (Å²) < 4.78 is 6.10. The van der Waals surface area contributed by atoms with Gasteiger partial charge in [0, 0.05) is 6.61 Å². The first kappa shape index (κ1) is 13.6. The Hall–Kier alpha value is -0.860. The van der Waals surface area contributed by atoms with Crippen molar-refractivity contribution in [2.45, 2.75) is 51.7 Å². The number of rotatable bonds is 4. The normalized spacial score (nSPS) is 25.9. The standard InChI is InChI=1S/C16H25NO/c1-4-17-15(14-9-7-13(2)8-10-14)16(3)11-5-6-12-18-16/h7-10,15,17H,4-6,11-12H2,1-3H3. The zero-order valence-electron chi connectivity index (χ0n) is 11.8. The summed E-state index contributed by atoms with van der Waals surface area (Å²) in [7, 11) is 0. The average Bonchev–Trinajstić information content (AvgIpc) is 2.38. The van der Waals surface area contributed by atoms with Gasteiger partial charge < -0.3 is 10.1 Å². The summed E-state index contributed by atoms with van der Waals surface area (Å²) in [5.74, 6) is 0. The van der Waals surface area contributed by atoms with Crippen LogP contribution in [0.15, 0.2) is 24.3 Å². The van der Waals surface area contributed by atoms with Crippen molar-refractivity contribution in [1.82, 2.24) is 5.32 Å². The van der Waals surface area contributed by atoms with E-state index in [0.29, 0.717) is 6.04 Å². The molecule has 1 aromatic rings. The van der Waals surface area contributed by atoms with Crippen molar-refractivity contribution in [2.75, 3.05) is 13.2 Å². The molecule has 100 valence electrons. The molecule has 0 radical (unpaired) electrons. The molecule has 1 fully saturated rings. The second kappa shape index (κ2) is 5.85. The van der Waals surface area contributed by atoms with Crippen LogP contribution in [-0.4, -0.2) is 18.8 Å². The maximum Gasteiger partial charge on any atom is 0.0848 e. The molecule has 1 N–H and O–H groups in total. The van der Waals surface area contributed by atoms with Crippen molar-refractivity contribution in [3.63, 3.8) is 0 Å². The van der Waals surface area contributed by atoms with E-state index in [9.17, 15) is 0 Å². The van der Waals surface area contributed by atoms with Crippen LogP contribution in [0.5, 0.6) is 0 Å². The van der Waals surface area contributed by atoms with E-state index in [2.05, 4.69) is 50.4 Å². The lowest BCUT2D eigenvalue weighted by atomic mass is 9.84. The minimum atomic E-state index is -0.0660. The lowest BCUT2D eigenvalue weighted by Gasteiger charge is -2.41. The summed E-state index contributed by atoms with van der Waals surface area (Å²) in [6.45, 7) is 8.40. The highest BCUT2D eigenvalue weighted by molar-refractivity contribution is 5.26. The SMILES string of the molecule is CCNC(c1ccc(C)cc1)C1(C)CCCCO1. The molecule has 2 unspecified atom stereocenters.